The van der Waals surface area contributed by atoms with Crippen LogP contribution >= 0.6 is 0 Å². The lowest BCUT2D eigenvalue weighted by Gasteiger charge is -2.42. The van der Waals surface area contributed by atoms with E-state index in [1.165, 1.54) is 20.8 Å². The van der Waals surface area contributed by atoms with Gasteiger partial charge in [-0.15, -0.1) is 0 Å². The Bertz CT molecular complexity index is 392. The molecule has 5 atom stereocenters. The van der Waals surface area contributed by atoms with Crippen LogP contribution in [0.25, 0.3) is 0 Å². The van der Waals surface area contributed by atoms with E-state index in [-0.39, 0.29) is 12.0 Å². The number of carbonyl (C=O) groups excluding carboxylic acids is 3. The Morgan fingerprint density at radius 1 is 0.800 bits per heavy atom. The summed E-state index contributed by atoms with van der Waals surface area (Å²) in [6, 6.07) is 0. The molecule has 20 heavy (non-hydrogen) atoms. The van der Waals surface area contributed by atoms with Crippen molar-refractivity contribution in [1.29, 1.82) is 0 Å². The molecule has 0 spiro atoms. The van der Waals surface area contributed by atoms with Gasteiger partial charge in [-0.25, -0.2) is 0 Å². The second-order valence-corrected chi connectivity index (χ2v) is 4.83. The minimum atomic E-state index is -1.09. The highest BCUT2D eigenvalue weighted by Gasteiger charge is 2.48. The van der Waals surface area contributed by atoms with Gasteiger partial charge in [0.2, 0.25) is 12.4 Å². The van der Waals surface area contributed by atoms with Crippen molar-refractivity contribution in [2.75, 3.05) is 0 Å². The highest BCUT2D eigenvalue weighted by Crippen LogP contribution is 2.31. The Morgan fingerprint density at radius 2 is 1.25 bits per heavy atom. The van der Waals surface area contributed by atoms with Crippen molar-refractivity contribution >= 4 is 17.9 Å². The number of ether oxygens (including phenoxy) is 4. The Hall–Kier alpha value is -1.63. The maximum atomic E-state index is 11.2. The zero-order chi connectivity index (χ0) is 15.4. The highest BCUT2D eigenvalue weighted by atomic mass is 16.7. The molecular formula is C13H20O7. The van der Waals surface area contributed by atoms with Gasteiger partial charge in [0.15, 0.2) is 0 Å². The van der Waals surface area contributed by atoms with Crippen LogP contribution in [0, 0.1) is 5.92 Å². The van der Waals surface area contributed by atoms with Crippen LogP contribution in [0.4, 0.5) is 0 Å². The molecule has 0 aromatic rings. The van der Waals surface area contributed by atoms with Gasteiger partial charge in [-0.2, -0.15) is 0 Å². The summed E-state index contributed by atoms with van der Waals surface area (Å²) in [4.78, 5) is 33.5. The van der Waals surface area contributed by atoms with Gasteiger partial charge in [0, 0.05) is 26.7 Å². The molecule has 0 saturated carbocycles. The number of rotatable bonds is 3. The van der Waals surface area contributed by atoms with E-state index in [1.54, 1.807) is 13.8 Å². The van der Waals surface area contributed by atoms with Gasteiger partial charge >= 0.3 is 17.9 Å². The molecule has 1 saturated heterocycles. The van der Waals surface area contributed by atoms with Crippen LogP contribution in [0.5, 0.6) is 0 Å². The van der Waals surface area contributed by atoms with Gasteiger partial charge in [0.05, 0.1) is 6.10 Å². The molecule has 0 aromatic carbocycles. The lowest BCUT2D eigenvalue weighted by molar-refractivity contribution is -0.278. The maximum absolute atomic E-state index is 11.2. The zero-order valence-electron chi connectivity index (χ0n) is 12.2. The van der Waals surface area contributed by atoms with Crippen molar-refractivity contribution in [3.05, 3.63) is 0 Å². The molecule has 5 unspecified atom stereocenters. The molecule has 1 heterocycles. The molecule has 0 bridgehead atoms. The lowest BCUT2D eigenvalue weighted by atomic mass is 9.91. The predicted octanol–water partition coefficient (Wildman–Crippen LogP) is 0.794. The number of hydrogen-bond donors (Lipinski definition) is 0. The summed E-state index contributed by atoms with van der Waals surface area (Å²) in [5, 5.41) is 0. The van der Waals surface area contributed by atoms with Crippen molar-refractivity contribution in [1.82, 2.24) is 0 Å². The van der Waals surface area contributed by atoms with E-state index >= 15 is 0 Å². The Morgan fingerprint density at radius 3 is 1.70 bits per heavy atom. The second kappa shape index (κ2) is 6.69. The summed E-state index contributed by atoms with van der Waals surface area (Å²) in [5.74, 6) is -1.87. The molecule has 1 rings (SSSR count). The average Bonchev–Trinajstić information content (AvgIpc) is 2.28. The van der Waals surface area contributed by atoms with Gasteiger partial charge < -0.3 is 18.9 Å². The molecular weight excluding hydrogens is 268 g/mol. The van der Waals surface area contributed by atoms with Gasteiger partial charge in [-0.1, -0.05) is 6.92 Å². The second-order valence-electron chi connectivity index (χ2n) is 4.83. The number of carbonyl (C=O) groups is 3. The highest BCUT2D eigenvalue weighted by molar-refractivity contribution is 5.68. The summed E-state index contributed by atoms with van der Waals surface area (Å²) < 4.78 is 20.9. The summed E-state index contributed by atoms with van der Waals surface area (Å²) in [7, 11) is 0. The molecule has 0 aliphatic carbocycles. The third-order valence-corrected chi connectivity index (χ3v) is 3.09. The normalized spacial score (nSPS) is 33.1. The predicted molar refractivity (Wildman–Crippen MR) is 66.4 cm³/mol. The third-order valence-electron chi connectivity index (χ3n) is 3.09. The van der Waals surface area contributed by atoms with Crippen LogP contribution in [-0.4, -0.2) is 42.5 Å². The van der Waals surface area contributed by atoms with Gasteiger partial charge in [0.25, 0.3) is 0 Å². The molecule has 0 aromatic heterocycles. The minimum absolute atomic E-state index is 0.213. The van der Waals surface area contributed by atoms with Crippen LogP contribution < -0.4 is 0 Å². The van der Waals surface area contributed by atoms with E-state index < -0.39 is 36.4 Å². The van der Waals surface area contributed by atoms with Crippen molar-refractivity contribution in [2.45, 2.75) is 59.2 Å². The topological polar surface area (TPSA) is 88.1 Å². The van der Waals surface area contributed by atoms with Crippen LogP contribution in [0.15, 0.2) is 0 Å². The van der Waals surface area contributed by atoms with Crippen molar-refractivity contribution in [3.63, 3.8) is 0 Å². The fourth-order valence-corrected chi connectivity index (χ4v) is 2.07. The van der Waals surface area contributed by atoms with Crippen molar-refractivity contribution in [3.8, 4) is 0 Å². The average molecular weight is 288 g/mol. The molecule has 0 N–H and O–H groups in total. The summed E-state index contributed by atoms with van der Waals surface area (Å²) in [6.07, 6.45) is -3.13. The summed E-state index contributed by atoms with van der Waals surface area (Å²) >= 11 is 0. The Kier molecular flexibility index (Phi) is 5.50. The van der Waals surface area contributed by atoms with Crippen LogP contribution in [0.2, 0.25) is 0 Å². The molecule has 1 aliphatic rings. The largest absolute Gasteiger partial charge is 0.458 e. The third kappa shape index (κ3) is 4.19. The Labute approximate surface area is 117 Å². The lowest BCUT2D eigenvalue weighted by Crippen LogP contribution is -2.56. The SMILES string of the molecule is CC(=O)OC1OC(C)C(C)C(OC(C)=O)C1OC(C)=O. The smallest absolute Gasteiger partial charge is 0.305 e. The molecule has 0 radical (unpaired) electrons. The number of hydrogen-bond acceptors (Lipinski definition) is 7. The van der Waals surface area contributed by atoms with E-state index in [0.717, 1.165) is 0 Å². The first-order chi connectivity index (χ1) is 9.22. The summed E-state index contributed by atoms with van der Waals surface area (Å²) in [6.45, 7) is 7.27. The first-order valence-electron chi connectivity index (χ1n) is 6.39. The van der Waals surface area contributed by atoms with Gasteiger partial charge in [-0.05, 0) is 6.92 Å². The number of esters is 3. The van der Waals surface area contributed by atoms with E-state index in [9.17, 15) is 14.4 Å². The quantitative estimate of drug-likeness (QED) is 0.560. The standard InChI is InChI=1S/C13H20O7/c1-6-7(2)17-13(20-10(5)16)12(19-9(4)15)11(6)18-8(3)14/h6-7,11-13H,1-5H3. The van der Waals surface area contributed by atoms with Crippen LogP contribution in [0.1, 0.15) is 34.6 Å². The maximum Gasteiger partial charge on any atom is 0.305 e. The van der Waals surface area contributed by atoms with E-state index in [4.69, 9.17) is 18.9 Å². The molecule has 1 aliphatic heterocycles. The van der Waals surface area contributed by atoms with Gasteiger partial charge in [-0.3, -0.25) is 14.4 Å². The molecule has 7 heteroatoms. The van der Waals surface area contributed by atoms with Crippen molar-refractivity contribution < 1.29 is 33.3 Å². The summed E-state index contributed by atoms with van der Waals surface area (Å²) in [5.41, 5.74) is 0. The molecule has 1 fully saturated rings. The fraction of sp³-hybridized carbons (Fsp3) is 0.769. The van der Waals surface area contributed by atoms with E-state index in [2.05, 4.69) is 0 Å². The minimum Gasteiger partial charge on any atom is -0.458 e. The first kappa shape index (κ1) is 16.4. The van der Waals surface area contributed by atoms with Crippen LogP contribution in [-0.2, 0) is 33.3 Å². The molecule has 0 amide bonds. The van der Waals surface area contributed by atoms with E-state index in [0.29, 0.717) is 0 Å². The van der Waals surface area contributed by atoms with Crippen LogP contribution in [0.3, 0.4) is 0 Å². The molecule has 7 nitrogen and oxygen atoms in total. The Balaban J connectivity index is 3.00. The van der Waals surface area contributed by atoms with E-state index in [1.807, 2.05) is 0 Å². The van der Waals surface area contributed by atoms with Gasteiger partial charge in [0.1, 0.15) is 6.10 Å². The van der Waals surface area contributed by atoms with Crippen molar-refractivity contribution in [2.24, 2.45) is 5.92 Å². The zero-order valence-corrected chi connectivity index (χ0v) is 12.2. The monoisotopic (exact) mass is 288 g/mol. The molecule has 114 valence electrons. The first-order valence-corrected chi connectivity index (χ1v) is 6.39. The fourth-order valence-electron chi connectivity index (χ4n) is 2.07.